The minimum atomic E-state index is -0.379. The monoisotopic (exact) mass is 496 g/mol. The maximum Gasteiger partial charge on any atom is 0.324 e. The highest BCUT2D eigenvalue weighted by Crippen LogP contribution is 2.30. The lowest BCUT2D eigenvalue weighted by atomic mass is 9.87. The van der Waals surface area contributed by atoms with Crippen LogP contribution in [0.1, 0.15) is 57.4 Å². The lowest BCUT2D eigenvalue weighted by molar-refractivity contribution is -0.143. The summed E-state index contributed by atoms with van der Waals surface area (Å²) in [6.45, 7) is 10.4. The van der Waals surface area contributed by atoms with Crippen LogP contribution in [0.5, 0.6) is 0 Å². The molecule has 0 fully saturated rings. The van der Waals surface area contributed by atoms with Gasteiger partial charge >= 0.3 is 12.0 Å². The molecule has 0 aliphatic rings. The molecule has 0 aliphatic carbocycles. The van der Waals surface area contributed by atoms with Crippen molar-refractivity contribution in [1.82, 2.24) is 9.78 Å². The molecule has 1 aromatic heterocycles. The molecule has 0 spiro atoms. The number of hydrogen-bond acceptors (Lipinski definition) is 4. The van der Waals surface area contributed by atoms with Gasteiger partial charge in [0.25, 0.3) is 0 Å². The Morgan fingerprint density at radius 3 is 2.54 bits per heavy atom. The molecule has 2 amide bonds. The van der Waals surface area contributed by atoms with E-state index in [1.807, 2.05) is 37.3 Å². The van der Waals surface area contributed by atoms with E-state index in [1.165, 1.54) is 0 Å². The number of halogens is 1. The number of carbonyl (C=O) groups excluding carboxylic acids is 2. The lowest BCUT2D eigenvalue weighted by Gasteiger charge is -2.19. The first-order chi connectivity index (χ1) is 16.6. The Kier molecular flexibility index (Phi) is 8.57. The Labute approximate surface area is 211 Å². The molecule has 0 saturated carbocycles. The van der Waals surface area contributed by atoms with Gasteiger partial charge in [0.1, 0.15) is 5.82 Å². The normalized spacial score (nSPS) is 11.3. The number of carbonyl (C=O) groups is 2. The molecule has 35 heavy (non-hydrogen) atoms. The number of amides is 2. The van der Waals surface area contributed by atoms with Crippen LogP contribution in [-0.2, 0) is 21.4 Å². The molecule has 3 aromatic rings. The van der Waals surface area contributed by atoms with E-state index in [1.54, 1.807) is 29.8 Å². The molecule has 0 atom stereocenters. The van der Waals surface area contributed by atoms with Gasteiger partial charge < -0.3 is 10.1 Å². The Balaban J connectivity index is 1.89. The number of anilines is 2. The smallest absolute Gasteiger partial charge is 0.324 e. The summed E-state index contributed by atoms with van der Waals surface area (Å²) in [5.41, 5.74) is 4.01. The summed E-state index contributed by atoms with van der Waals surface area (Å²) in [7, 11) is 0. The fourth-order valence-corrected chi connectivity index (χ4v) is 3.77. The van der Waals surface area contributed by atoms with Crippen molar-refractivity contribution in [3.05, 3.63) is 70.4 Å². The van der Waals surface area contributed by atoms with E-state index in [-0.39, 0.29) is 17.4 Å². The van der Waals surface area contributed by atoms with E-state index in [4.69, 9.17) is 21.4 Å². The second kappa shape index (κ2) is 11.4. The van der Waals surface area contributed by atoms with Gasteiger partial charge in [-0.3, -0.25) is 10.1 Å². The van der Waals surface area contributed by atoms with E-state index in [2.05, 4.69) is 31.4 Å². The molecule has 0 aliphatic heterocycles. The van der Waals surface area contributed by atoms with E-state index in [9.17, 15) is 9.59 Å². The summed E-state index contributed by atoms with van der Waals surface area (Å²) in [5.74, 6) is 0.327. The molecule has 0 radical (unpaired) electrons. The number of ether oxygens (including phenoxy) is 1. The number of aromatic nitrogens is 2. The van der Waals surface area contributed by atoms with Crippen molar-refractivity contribution in [2.45, 2.75) is 59.3 Å². The predicted octanol–water partition coefficient (Wildman–Crippen LogP) is 6.66. The molecule has 7 nitrogen and oxygen atoms in total. The summed E-state index contributed by atoms with van der Waals surface area (Å²) in [5, 5.41) is 11.3. The average Bonchev–Trinajstić information content (AvgIpc) is 3.24. The van der Waals surface area contributed by atoms with Gasteiger partial charge in [-0.2, -0.15) is 5.10 Å². The number of hydrogen-bond donors (Lipinski definition) is 2. The van der Waals surface area contributed by atoms with Crippen LogP contribution >= 0.6 is 11.6 Å². The van der Waals surface area contributed by atoms with Crippen molar-refractivity contribution in [2.24, 2.45) is 0 Å². The zero-order valence-electron chi connectivity index (χ0n) is 20.9. The molecule has 1 heterocycles. The largest absolute Gasteiger partial charge is 0.466 e. The summed E-state index contributed by atoms with van der Waals surface area (Å²) < 4.78 is 6.77. The van der Waals surface area contributed by atoms with Crippen molar-refractivity contribution >= 4 is 35.1 Å². The summed E-state index contributed by atoms with van der Waals surface area (Å²) in [4.78, 5) is 24.7. The number of esters is 1. The molecule has 0 saturated heterocycles. The van der Waals surface area contributed by atoms with Gasteiger partial charge in [0.2, 0.25) is 0 Å². The second-order valence-corrected chi connectivity index (χ2v) is 9.51. The zero-order valence-corrected chi connectivity index (χ0v) is 21.7. The van der Waals surface area contributed by atoms with Gasteiger partial charge in [-0.1, -0.05) is 44.5 Å². The highest BCUT2D eigenvalue weighted by molar-refractivity contribution is 6.30. The van der Waals surface area contributed by atoms with Crippen LogP contribution in [0.4, 0.5) is 16.3 Å². The molecule has 2 aromatic carbocycles. The maximum absolute atomic E-state index is 12.9. The Bertz CT molecular complexity index is 1200. The fourth-order valence-electron chi connectivity index (χ4n) is 3.54. The van der Waals surface area contributed by atoms with Crippen molar-refractivity contribution < 1.29 is 14.3 Å². The predicted molar refractivity (Wildman–Crippen MR) is 141 cm³/mol. The first-order valence-corrected chi connectivity index (χ1v) is 12.2. The topological polar surface area (TPSA) is 85.2 Å². The molecule has 186 valence electrons. The fraction of sp³-hybridized carbons (Fsp3) is 0.370. The van der Waals surface area contributed by atoms with Crippen LogP contribution in [0.25, 0.3) is 5.69 Å². The Morgan fingerprint density at radius 1 is 1.09 bits per heavy atom. The lowest BCUT2D eigenvalue weighted by Crippen LogP contribution is -2.21. The van der Waals surface area contributed by atoms with Crippen LogP contribution in [0, 0.1) is 6.92 Å². The minimum Gasteiger partial charge on any atom is -0.466 e. The second-order valence-electron chi connectivity index (χ2n) is 9.08. The number of aryl methyl sites for hydroxylation is 2. The molecular formula is C27H33ClN4O3. The third-order valence-electron chi connectivity index (χ3n) is 6.04. The van der Waals surface area contributed by atoms with E-state index < -0.39 is 0 Å². The summed E-state index contributed by atoms with van der Waals surface area (Å²) >= 11 is 6.03. The van der Waals surface area contributed by atoms with Gasteiger partial charge in [-0.25, -0.2) is 9.48 Å². The first kappa shape index (κ1) is 26.3. The van der Waals surface area contributed by atoms with Crippen LogP contribution < -0.4 is 10.6 Å². The van der Waals surface area contributed by atoms with E-state index >= 15 is 0 Å². The molecule has 8 heteroatoms. The third-order valence-corrected chi connectivity index (χ3v) is 6.28. The maximum atomic E-state index is 12.9. The SMILES string of the molecule is CCOC(=O)CCc1cccc(-n2nc(C(C)(C)CC)cc2NC(=O)Nc2ccc(Cl)cc2C)c1. The molecule has 3 rings (SSSR count). The highest BCUT2D eigenvalue weighted by Gasteiger charge is 2.24. The van der Waals surface area contributed by atoms with Gasteiger partial charge in [-0.05, 0) is 68.1 Å². The first-order valence-electron chi connectivity index (χ1n) is 11.8. The summed E-state index contributed by atoms with van der Waals surface area (Å²) in [6, 6.07) is 14.6. The van der Waals surface area contributed by atoms with Crippen molar-refractivity contribution in [2.75, 3.05) is 17.2 Å². The average molecular weight is 497 g/mol. The molecule has 2 N–H and O–H groups in total. The number of nitrogens with one attached hydrogen (secondary N) is 2. The van der Waals surface area contributed by atoms with Crippen molar-refractivity contribution in [3.63, 3.8) is 0 Å². The standard InChI is InChI=1S/C27H33ClN4O3/c1-6-27(4,5)23-17-24(30-26(34)29-22-13-12-20(28)15-18(22)3)32(31-23)21-10-8-9-19(16-21)11-14-25(33)35-7-2/h8-10,12-13,15-17H,6-7,11,14H2,1-5H3,(H2,29,30,34). The number of benzene rings is 2. The van der Waals surface area contributed by atoms with Crippen LogP contribution in [-0.4, -0.2) is 28.4 Å². The van der Waals surface area contributed by atoms with E-state index in [0.717, 1.165) is 28.9 Å². The van der Waals surface area contributed by atoms with E-state index in [0.29, 0.717) is 36.0 Å². The van der Waals surface area contributed by atoms with Crippen LogP contribution in [0.15, 0.2) is 48.5 Å². The van der Waals surface area contributed by atoms with Gasteiger partial charge in [0.05, 0.1) is 18.0 Å². The Hall–Kier alpha value is -3.32. The Morgan fingerprint density at radius 2 is 1.86 bits per heavy atom. The van der Waals surface area contributed by atoms with Gasteiger partial charge in [0, 0.05) is 28.6 Å². The van der Waals surface area contributed by atoms with Crippen molar-refractivity contribution in [1.29, 1.82) is 0 Å². The summed E-state index contributed by atoms with van der Waals surface area (Å²) in [6.07, 6.45) is 1.75. The minimum absolute atomic E-state index is 0.174. The van der Waals surface area contributed by atoms with Crippen LogP contribution in [0.2, 0.25) is 5.02 Å². The van der Waals surface area contributed by atoms with Gasteiger partial charge in [0.15, 0.2) is 0 Å². The van der Waals surface area contributed by atoms with Crippen molar-refractivity contribution in [3.8, 4) is 5.69 Å². The number of rotatable bonds is 9. The molecule has 0 unspecified atom stereocenters. The molecular weight excluding hydrogens is 464 g/mol. The zero-order chi connectivity index (χ0) is 25.6. The molecule has 0 bridgehead atoms. The number of nitrogens with zero attached hydrogens (tertiary/aromatic N) is 2. The quantitative estimate of drug-likeness (QED) is 0.324. The van der Waals surface area contributed by atoms with Crippen LogP contribution in [0.3, 0.4) is 0 Å². The number of urea groups is 1. The highest BCUT2D eigenvalue weighted by atomic mass is 35.5. The van der Waals surface area contributed by atoms with Gasteiger partial charge in [-0.15, -0.1) is 0 Å². The third kappa shape index (κ3) is 6.85.